The van der Waals surface area contributed by atoms with Crippen molar-refractivity contribution in [2.75, 3.05) is 56.5 Å². The highest BCUT2D eigenvalue weighted by atomic mass is 32.2. The lowest BCUT2D eigenvalue weighted by Crippen LogP contribution is -2.61. The number of fused-ring (bicyclic) bond motifs is 2. The van der Waals surface area contributed by atoms with Gasteiger partial charge in [-0.15, -0.1) is 6.58 Å². The summed E-state index contributed by atoms with van der Waals surface area (Å²) in [5.74, 6) is -10.3. The molecule has 0 unspecified atom stereocenters. The maximum Gasteiger partial charge on any atom is 0.327 e. The van der Waals surface area contributed by atoms with Crippen molar-refractivity contribution in [2.45, 2.75) is 170 Å². The lowest BCUT2D eigenvalue weighted by molar-refractivity contribution is -0.319. The molecule has 1 aromatic carbocycles. The molecule has 29 nitrogen and oxygen atoms in total. The van der Waals surface area contributed by atoms with Gasteiger partial charge in [-0.1, -0.05) is 49.3 Å². The Bertz CT molecular complexity index is 2800. The first-order valence-electron chi connectivity index (χ1n) is 30.4. The number of nitrogens with one attached hydrogen (secondary N) is 5. The molecular weight excluding hydrogens is 1250 g/mol. The van der Waals surface area contributed by atoms with Crippen LogP contribution in [0.25, 0.3) is 0 Å². The normalized spacial score (nSPS) is 28.4. The van der Waals surface area contributed by atoms with Crippen LogP contribution < -0.4 is 38.1 Å². The largest absolute Gasteiger partial charge is 0.508 e. The number of nitrogens with two attached hydrogens (primary N) is 2. The number of aliphatic carboxylic acids is 2. The molecule has 92 heavy (non-hydrogen) atoms. The minimum absolute atomic E-state index is 0.0296. The number of ether oxygens (including phenoxy) is 4. The van der Waals surface area contributed by atoms with E-state index in [9.17, 15) is 89.4 Å². The molecule has 1 heterocycles. The van der Waals surface area contributed by atoms with E-state index in [0.29, 0.717) is 29.2 Å². The molecule has 3 aliphatic carbocycles. The molecule has 19 N–H and O–H groups in total. The van der Waals surface area contributed by atoms with E-state index in [2.05, 4.69) is 39.2 Å². The van der Waals surface area contributed by atoms with E-state index in [1.165, 1.54) is 36.0 Å². The number of carbonyl (C=O) groups excluding carboxylic acids is 6. The zero-order valence-corrected chi connectivity index (χ0v) is 54.1. The number of amides is 6. The first kappa shape index (κ1) is 76.9. The summed E-state index contributed by atoms with van der Waals surface area (Å²) < 4.78 is 24.4. The van der Waals surface area contributed by atoms with E-state index in [-0.39, 0.29) is 68.1 Å². The monoisotopic (exact) mass is 1340 g/mol. The lowest BCUT2D eigenvalue weighted by atomic mass is 9.68. The molecule has 1 saturated carbocycles. The van der Waals surface area contributed by atoms with Crippen molar-refractivity contribution in [3.8, 4) is 5.75 Å². The molecule has 0 aromatic heterocycles. The number of thioether (sulfide) groups is 2. The van der Waals surface area contributed by atoms with Crippen molar-refractivity contribution in [3.05, 3.63) is 65.3 Å². The number of methoxy groups -OCH3 is 1. The predicted octanol–water partition coefficient (Wildman–Crippen LogP) is -2.55. The molecule has 0 bridgehead atoms. The van der Waals surface area contributed by atoms with Gasteiger partial charge in [0.15, 0.2) is 6.29 Å². The Morgan fingerprint density at radius 1 is 0.837 bits per heavy atom. The smallest absolute Gasteiger partial charge is 0.327 e. The molecule has 0 radical (unpaired) electrons. The van der Waals surface area contributed by atoms with Crippen molar-refractivity contribution in [1.82, 2.24) is 26.6 Å². The Kier molecular flexibility index (Phi) is 29.4. The highest BCUT2D eigenvalue weighted by Gasteiger charge is 2.55. The summed E-state index contributed by atoms with van der Waals surface area (Å²) in [6.45, 7) is 12.3. The number of phenolic OH excluding ortho intramolecular Hbond substituents is 1. The van der Waals surface area contributed by atoms with Gasteiger partial charge in [0.2, 0.25) is 35.4 Å². The summed E-state index contributed by atoms with van der Waals surface area (Å²) in [7, 11) is 1.62. The maximum atomic E-state index is 13.9. The Labute approximate surface area is 542 Å². The van der Waals surface area contributed by atoms with E-state index in [4.69, 9.17) is 30.4 Å². The first-order valence-corrected chi connectivity index (χ1v) is 32.7. The Balaban J connectivity index is 1.21. The van der Waals surface area contributed by atoms with Gasteiger partial charge in [0, 0.05) is 55.1 Å². The van der Waals surface area contributed by atoms with Crippen LogP contribution in [-0.4, -0.2) is 246 Å². The number of hydrogen-bond donors (Lipinski definition) is 17. The predicted molar refractivity (Wildman–Crippen MR) is 335 cm³/mol. The van der Waals surface area contributed by atoms with Gasteiger partial charge in [0.1, 0.15) is 66.5 Å². The topological polar surface area (TPSA) is 488 Å². The molecule has 19 atom stereocenters. The number of carboxylic acids is 2. The number of benzene rings is 1. The van der Waals surface area contributed by atoms with Crippen molar-refractivity contribution in [3.63, 3.8) is 0 Å². The molecule has 4 aliphatic rings. The van der Waals surface area contributed by atoms with Crippen molar-refractivity contribution >= 4 is 70.9 Å². The van der Waals surface area contributed by atoms with Crippen LogP contribution in [0.4, 0.5) is 0 Å². The van der Waals surface area contributed by atoms with Gasteiger partial charge in [-0.3, -0.25) is 33.6 Å². The molecule has 0 spiro atoms. The van der Waals surface area contributed by atoms with Crippen LogP contribution in [0.1, 0.15) is 78.7 Å². The number of phenols is 1. The number of primary amides is 1. The second-order valence-corrected chi connectivity index (χ2v) is 26.9. The van der Waals surface area contributed by atoms with E-state index in [1.807, 2.05) is 20.8 Å². The number of aliphatic hydroxyl groups is 7. The van der Waals surface area contributed by atoms with Crippen molar-refractivity contribution in [2.24, 2.45) is 40.6 Å². The number of aliphatic hydroxyl groups excluding tert-OH is 7. The van der Waals surface area contributed by atoms with Crippen LogP contribution in [0, 0.1) is 29.1 Å². The Morgan fingerprint density at radius 3 is 2.09 bits per heavy atom. The third-order valence-corrected chi connectivity index (χ3v) is 19.6. The molecule has 31 heteroatoms. The van der Waals surface area contributed by atoms with Crippen molar-refractivity contribution in [1.29, 1.82) is 0 Å². The summed E-state index contributed by atoms with van der Waals surface area (Å²) in [5, 5.41) is 120. The number of carboxylic acid groups (broad SMARTS) is 2. The van der Waals surface area contributed by atoms with Crippen LogP contribution in [-0.2, 0) is 63.7 Å². The lowest BCUT2D eigenvalue weighted by Gasteiger charge is -2.46. The average molecular weight is 1340 g/mol. The van der Waals surface area contributed by atoms with Gasteiger partial charge in [0.25, 0.3) is 0 Å². The fourth-order valence-corrected chi connectivity index (χ4v) is 13.6. The van der Waals surface area contributed by atoms with Gasteiger partial charge < -0.3 is 108 Å². The van der Waals surface area contributed by atoms with Gasteiger partial charge in [-0.2, -0.15) is 23.5 Å². The molecule has 1 aromatic rings. The highest BCUT2D eigenvalue weighted by molar-refractivity contribution is 7.99. The van der Waals surface area contributed by atoms with E-state index < -0.39 is 168 Å². The minimum Gasteiger partial charge on any atom is -0.508 e. The van der Waals surface area contributed by atoms with Crippen LogP contribution >= 0.6 is 23.5 Å². The van der Waals surface area contributed by atoms with Gasteiger partial charge >= 0.3 is 11.9 Å². The quantitative estimate of drug-likeness (QED) is 0.0243. The van der Waals surface area contributed by atoms with Gasteiger partial charge in [-0.05, 0) is 93.2 Å². The molecule has 2 fully saturated rings. The fraction of sp³-hybridized carbons (Fsp3) is 0.672. The van der Waals surface area contributed by atoms with Crippen LogP contribution in [0.15, 0.2) is 59.7 Å². The molecule has 5 rings (SSSR count). The number of carbonyl (C=O) groups is 8. The summed E-state index contributed by atoms with van der Waals surface area (Å²) >= 11 is 2.20. The third-order valence-electron chi connectivity index (χ3n) is 17.3. The second-order valence-electron chi connectivity index (χ2n) is 24.6. The highest BCUT2D eigenvalue weighted by Crippen LogP contribution is 2.56. The molecular formula is C61H93N7O22S2. The minimum atomic E-state index is -1.96. The Hall–Kier alpha value is -5.78. The van der Waals surface area contributed by atoms with Crippen LogP contribution in [0.2, 0.25) is 0 Å². The summed E-state index contributed by atoms with van der Waals surface area (Å²) in [5.41, 5.74) is 11.7. The third kappa shape index (κ3) is 20.9. The zero-order chi connectivity index (χ0) is 68.5. The standard InChI is InChI=1S/C61H93N7O22S2/c1-8-60(4,5)88-25-43-49(77)50(78)51(79)59(89-43)90-52-47-35(20-44(72)61(47,6)22-36-32(24-87-7)11-14-34(36)30(3)48(52)76)29(2)26-91-18-17-64-57(84)42(71)28-92-27-41(58(85)86)68-55(82)39(21-46(74)75)66-54(81)38(19-31-9-12-33(70)13-10-31)65-56(83)40(23-69)67-53(80)37(62)15-16-45(63)73/h8-10,12-13,22,29-30,32,34,37-44,48-52,59,69-72,76-79H,1,11,14-21,23-28,62H2,2-7H3,(H2,63,73)(H,64,84)(H,65,83)(H,66,81)(H,67,80)(H,68,82)(H,74,75)(H,85,86)/b36-22-/t29-,30-,32-,34+,37+,38+,39+,40+,41+,42-,43+,44+,48-,49+,50-,51+,52-,59+,61+/m1/s1. The second kappa shape index (κ2) is 35.1. The zero-order valence-electron chi connectivity index (χ0n) is 52.5. The maximum absolute atomic E-state index is 13.9. The number of aromatic hydroxyl groups is 1. The average Bonchev–Trinajstić information content (AvgIpc) is 1.54. The number of hydrogen-bond acceptors (Lipinski definition) is 23. The Morgan fingerprint density at radius 2 is 1.47 bits per heavy atom. The first-order chi connectivity index (χ1) is 43.3. The van der Waals surface area contributed by atoms with Crippen LogP contribution in [0.5, 0.6) is 5.75 Å². The van der Waals surface area contributed by atoms with Gasteiger partial charge in [0.05, 0.1) is 50.1 Å². The van der Waals surface area contributed by atoms with Crippen molar-refractivity contribution < 1.29 is 108 Å². The molecule has 516 valence electrons. The van der Waals surface area contributed by atoms with Gasteiger partial charge in [-0.25, -0.2) is 4.79 Å². The van der Waals surface area contributed by atoms with E-state index in [1.54, 1.807) is 27.0 Å². The summed E-state index contributed by atoms with van der Waals surface area (Å²) in [6.07, 6.45) is -9.32. The summed E-state index contributed by atoms with van der Waals surface area (Å²) in [6, 6.07) is -3.14. The molecule has 6 amide bonds. The summed E-state index contributed by atoms with van der Waals surface area (Å²) in [4.78, 5) is 102. The number of rotatable bonds is 36. The van der Waals surface area contributed by atoms with E-state index in [0.717, 1.165) is 35.7 Å². The van der Waals surface area contributed by atoms with Crippen LogP contribution in [0.3, 0.4) is 0 Å². The van der Waals surface area contributed by atoms with E-state index >= 15 is 0 Å². The SMILES string of the molecule is C=CC(C)(C)OC[C@@H]1O[C@@H](O[C@@H]2C3=C([C@H](C)CSCCNC(=O)[C@H](O)CSC[C@H](NC(=O)[C@H](CC(=O)O)NC(=O)[C@H](Cc4ccc(O)cc4)NC(=O)[C@H](CO)NC(=O)[C@@H](N)CCC(N)=O)C(=O)O)C[C@H](O)[C@]3(C)/C=C3/[C@@H](COC)CC[C@H]3[C@@H](C)[C@H]2O)[C@@H](O)[C@H](O)[C@H]1O. The molecule has 1 aliphatic heterocycles. The fourth-order valence-electron chi connectivity index (χ4n) is 11.7. The molecule has 1 saturated heterocycles.